The van der Waals surface area contributed by atoms with Gasteiger partial charge in [-0.3, -0.25) is 0 Å². The smallest absolute Gasteiger partial charge is 0.328 e. The van der Waals surface area contributed by atoms with Crippen molar-refractivity contribution in [1.29, 1.82) is 0 Å². The largest absolute Gasteiger partial charge is 0.351 e. The third-order valence-electron chi connectivity index (χ3n) is 3.07. The Hall–Kier alpha value is -0.970. The number of halogens is 1. The van der Waals surface area contributed by atoms with Crippen molar-refractivity contribution in [1.82, 2.24) is 9.80 Å². The van der Waals surface area contributed by atoms with Crippen LogP contribution in [-0.2, 0) is 0 Å². The van der Waals surface area contributed by atoms with Crippen LogP contribution in [0.1, 0.15) is 59.3 Å². The summed E-state index contributed by atoms with van der Waals surface area (Å²) in [6.07, 6.45) is 5.69. The maximum absolute atomic E-state index is 12.4. The van der Waals surface area contributed by atoms with Crippen LogP contribution in [0.25, 0.3) is 0 Å². The lowest BCUT2D eigenvalue weighted by molar-refractivity contribution is 0.155. The Morgan fingerprint density at radius 2 is 1.25 bits per heavy atom. The quantitative estimate of drug-likeness (QED) is 0.707. The molecule has 120 valence electrons. The summed E-state index contributed by atoms with van der Waals surface area (Å²) < 4.78 is 0. The van der Waals surface area contributed by atoms with Crippen LogP contribution >= 0.6 is 12.4 Å². The van der Waals surface area contributed by atoms with Crippen LogP contribution < -0.4 is 5.73 Å². The summed E-state index contributed by atoms with van der Waals surface area (Å²) in [4.78, 5) is 26.7. The fraction of sp³-hybridized carbons (Fsp3) is 0.857. The van der Waals surface area contributed by atoms with Crippen molar-refractivity contribution in [3.63, 3.8) is 0 Å². The molecule has 2 N–H and O–H groups in total. The molecule has 0 aromatic carbocycles. The van der Waals surface area contributed by atoms with Gasteiger partial charge in [0, 0.05) is 19.6 Å². The van der Waals surface area contributed by atoms with Crippen LogP contribution in [0.2, 0.25) is 0 Å². The standard InChI is InChI=1S/C14H29N3O2.ClH/c1-4-7-10-16(11-8-5-2)14(19)17(13(15)18)12-9-6-3;/h4-12H2,1-3H3,(H2,15,18);1H. The summed E-state index contributed by atoms with van der Waals surface area (Å²) in [5, 5.41) is 0. The maximum Gasteiger partial charge on any atom is 0.328 e. The van der Waals surface area contributed by atoms with Crippen LogP contribution in [0, 0.1) is 0 Å². The second kappa shape index (κ2) is 13.0. The first-order chi connectivity index (χ1) is 9.08. The summed E-state index contributed by atoms with van der Waals surface area (Å²) in [7, 11) is 0. The fourth-order valence-electron chi connectivity index (χ4n) is 1.79. The van der Waals surface area contributed by atoms with Gasteiger partial charge in [-0.1, -0.05) is 40.0 Å². The van der Waals surface area contributed by atoms with E-state index < -0.39 is 6.03 Å². The van der Waals surface area contributed by atoms with E-state index >= 15 is 0 Å². The molecule has 0 aromatic rings. The molecule has 0 saturated carbocycles. The molecule has 4 amide bonds. The summed E-state index contributed by atoms with van der Waals surface area (Å²) in [5.74, 6) is 0. The monoisotopic (exact) mass is 307 g/mol. The first-order valence-corrected chi connectivity index (χ1v) is 7.44. The van der Waals surface area contributed by atoms with E-state index in [1.54, 1.807) is 4.90 Å². The minimum Gasteiger partial charge on any atom is -0.351 e. The molecule has 0 fully saturated rings. The molecule has 0 radical (unpaired) electrons. The number of rotatable bonds is 9. The van der Waals surface area contributed by atoms with Crippen molar-refractivity contribution < 1.29 is 9.59 Å². The van der Waals surface area contributed by atoms with Gasteiger partial charge >= 0.3 is 12.1 Å². The third-order valence-corrected chi connectivity index (χ3v) is 3.07. The van der Waals surface area contributed by atoms with Crippen molar-refractivity contribution in [3.8, 4) is 0 Å². The highest BCUT2D eigenvalue weighted by Gasteiger charge is 2.23. The molecule has 0 heterocycles. The fourth-order valence-corrected chi connectivity index (χ4v) is 1.79. The SMILES string of the molecule is CCCCN(CCCC)C(=O)N(CCCC)C(N)=O.Cl. The number of primary amides is 1. The normalized spacial score (nSPS) is 9.75. The van der Waals surface area contributed by atoms with Crippen molar-refractivity contribution in [3.05, 3.63) is 0 Å². The van der Waals surface area contributed by atoms with E-state index in [1.807, 2.05) is 6.92 Å². The van der Waals surface area contributed by atoms with Gasteiger partial charge < -0.3 is 10.6 Å². The molecule has 0 aromatic heterocycles. The van der Waals surface area contributed by atoms with Gasteiger partial charge in [-0.25, -0.2) is 14.5 Å². The van der Waals surface area contributed by atoms with E-state index in [1.165, 1.54) is 4.90 Å². The molecule has 0 unspecified atom stereocenters. The molecule has 6 heteroatoms. The summed E-state index contributed by atoms with van der Waals surface area (Å²) >= 11 is 0. The average Bonchev–Trinajstić information content (AvgIpc) is 2.38. The van der Waals surface area contributed by atoms with E-state index in [0.29, 0.717) is 19.6 Å². The molecule has 0 aliphatic rings. The number of carbonyl (C=O) groups is 2. The van der Waals surface area contributed by atoms with Crippen LogP contribution in [0.15, 0.2) is 0 Å². The highest BCUT2D eigenvalue weighted by atomic mass is 35.5. The first-order valence-electron chi connectivity index (χ1n) is 7.44. The number of amides is 4. The zero-order valence-electron chi connectivity index (χ0n) is 13.1. The zero-order valence-corrected chi connectivity index (χ0v) is 13.9. The first kappa shape index (κ1) is 21.3. The van der Waals surface area contributed by atoms with Crippen molar-refractivity contribution in [2.24, 2.45) is 5.73 Å². The number of hydrogen-bond donors (Lipinski definition) is 1. The van der Waals surface area contributed by atoms with Crippen LogP contribution in [0.4, 0.5) is 9.59 Å². The lowest BCUT2D eigenvalue weighted by atomic mass is 10.2. The molecular weight excluding hydrogens is 278 g/mol. The lowest BCUT2D eigenvalue weighted by Crippen LogP contribution is -2.49. The topological polar surface area (TPSA) is 66.6 Å². The van der Waals surface area contributed by atoms with Gasteiger partial charge in [-0.2, -0.15) is 0 Å². The molecule has 0 saturated heterocycles. The summed E-state index contributed by atoms with van der Waals surface area (Å²) in [6.45, 7) is 8.02. The predicted molar refractivity (Wildman–Crippen MR) is 85.2 cm³/mol. The summed E-state index contributed by atoms with van der Waals surface area (Å²) in [6, 6.07) is -0.876. The second-order valence-electron chi connectivity index (χ2n) is 4.82. The van der Waals surface area contributed by atoms with Crippen molar-refractivity contribution >= 4 is 24.5 Å². The molecular formula is C14H30ClN3O2. The van der Waals surface area contributed by atoms with Gasteiger partial charge in [-0.05, 0) is 19.3 Å². The Labute approximate surface area is 129 Å². The molecule has 0 bridgehead atoms. The maximum atomic E-state index is 12.4. The number of urea groups is 2. The third kappa shape index (κ3) is 8.25. The van der Waals surface area contributed by atoms with E-state index in [-0.39, 0.29) is 18.4 Å². The van der Waals surface area contributed by atoms with Crippen LogP contribution in [0.5, 0.6) is 0 Å². The molecule has 5 nitrogen and oxygen atoms in total. The number of unbranched alkanes of at least 4 members (excludes halogenated alkanes) is 3. The van der Waals surface area contributed by atoms with Crippen molar-refractivity contribution in [2.75, 3.05) is 19.6 Å². The molecule has 0 rings (SSSR count). The Morgan fingerprint density at radius 3 is 1.60 bits per heavy atom. The van der Waals surface area contributed by atoms with Crippen molar-refractivity contribution in [2.45, 2.75) is 59.3 Å². The lowest BCUT2D eigenvalue weighted by Gasteiger charge is -2.28. The Bertz CT molecular complexity index is 267. The van der Waals surface area contributed by atoms with Gasteiger partial charge in [0.05, 0.1) is 0 Å². The number of nitrogens with zero attached hydrogens (tertiary/aromatic N) is 2. The van der Waals surface area contributed by atoms with Gasteiger partial charge in [-0.15, -0.1) is 12.4 Å². The van der Waals surface area contributed by atoms with Crippen LogP contribution in [0.3, 0.4) is 0 Å². The van der Waals surface area contributed by atoms with E-state index in [2.05, 4.69) is 13.8 Å². The predicted octanol–water partition coefficient (Wildman–Crippen LogP) is 3.61. The molecule has 0 aliphatic carbocycles. The van der Waals surface area contributed by atoms with Crippen LogP contribution in [-0.4, -0.2) is 41.5 Å². The van der Waals surface area contributed by atoms with Gasteiger partial charge in [0.1, 0.15) is 0 Å². The minimum atomic E-state index is -0.642. The Morgan fingerprint density at radius 1 is 0.850 bits per heavy atom. The molecule has 20 heavy (non-hydrogen) atoms. The highest BCUT2D eigenvalue weighted by molar-refractivity contribution is 5.92. The van der Waals surface area contributed by atoms with E-state index in [4.69, 9.17) is 5.73 Å². The Balaban J connectivity index is 0. The van der Waals surface area contributed by atoms with Gasteiger partial charge in [0.25, 0.3) is 0 Å². The average molecular weight is 308 g/mol. The highest BCUT2D eigenvalue weighted by Crippen LogP contribution is 2.06. The van der Waals surface area contributed by atoms with Gasteiger partial charge in [0.2, 0.25) is 0 Å². The molecule has 0 atom stereocenters. The number of nitrogens with two attached hydrogens (primary N) is 1. The van der Waals surface area contributed by atoms with Gasteiger partial charge in [0.15, 0.2) is 0 Å². The number of hydrogen-bond acceptors (Lipinski definition) is 2. The summed E-state index contributed by atoms with van der Waals surface area (Å²) in [5.41, 5.74) is 5.31. The second-order valence-corrected chi connectivity index (χ2v) is 4.82. The minimum absolute atomic E-state index is 0. The number of imide groups is 1. The number of carbonyl (C=O) groups excluding carboxylic acids is 2. The van der Waals surface area contributed by atoms with E-state index in [0.717, 1.165) is 38.5 Å². The zero-order chi connectivity index (χ0) is 14.7. The molecule has 0 spiro atoms. The molecule has 0 aliphatic heterocycles. The van der Waals surface area contributed by atoms with E-state index in [9.17, 15) is 9.59 Å². The Kier molecular flexibility index (Phi) is 13.9.